The van der Waals surface area contributed by atoms with Crippen molar-refractivity contribution in [1.29, 1.82) is 0 Å². The number of pyridine rings is 1. The molecule has 1 atom stereocenters. The Morgan fingerprint density at radius 2 is 1.90 bits per heavy atom. The first kappa shape index (κ1) is 12.7. The summed E-state index contributed by atoms with van der Waals surface area (Å²) < 4.78 is 11.1. The minimum Gasteiger partial charge on any atom is -0.486 e. The first-order valence-electron chi connectivity index (χ1n) is 6.50. The van der Waals surface area contributed by atoms with Gasteiger partial charge in [0.1, 0.15) is 13.2 Å². The summed E-state index contributed by atoms with van der Waals surface area (Å²) in [5, 5.41) is 10.1. The first-order chi connectivity index (χ1) is 9.56. The van der Waals surface area contributed by atoms with Crippen molar-refractivity contribution in [3.8, 4) is 11.5 Å². The Morgan fingerprint density at radius 1 is 1.25 bits per heavy atom. The van der Waals surface area contributed by atoms with Gasteiger partial charge in [-0.3, -0.25) is 9.78 Å². The number of aliphatic carboxylic acids is 1. The van der Waals surface area contributed by atoms with E-state index in [1.54, 1.807) is 6.92 Å². The van der Waals surface area contributed by atoms with Crippen LogP contribution in [-0.2, 0) is 4.79 Å². The second kappa shape index (κ2) is 4.67. The van der Waals surface area contributed by atoms with Crippen molar-refractivity contribution in [2.24, 2.45) is 0 Å². The van der Waals surface area contributed by atoms with E-state index in [4.69, 9.17) is 14.6 Å². The van der Waals surface area contributed by atoms with Gasteiger partial charge < -0.3 is 14.6 Å². The van der Waals surface area contributed by atoms with Gasteiger partial charge in [0.15, 0.2) is 11.5 Å². The smallest absolute Gasteiger partial charge is 0.312 e. The largest absolute Gasteiger partial charge is 0.486 e. The van der Waals surface area contributed by atoms with E-state index in [1.807, 2.05) is 25.1 Å². The molecule has 1 aromatic carbocycles. The number of hydrogen-bond acceptors (Lipinski definition) is 4. The topological polar surface area (TPSA) is 68.7 Å². The van der Waals surface area contributed by atoms with Crippen molar-refractivity contribution in [2.45, 2.75) is 19.8 Å². The normalized spacial score (nSPS) is 15.1. The maximum atomic E-state index is 11.1. The highest BCUT2D eigenvalue weighted by molar-refractivity contribution is 5.87. The number of hydrogen-bond donors (Lipinski definition) is 1. The summed E-state index contributed by atoms with van der Waals surface area (Å²) in [5.41, 5.74) is 2.27. The van der Waals surface area contributed by atoms with E-state index in [2.05, 4.69) is 4.98 Å². The van der Waals surface area contributed by atoms with Gasteiger partial charge in [-0.05, 0) is 31.5 Å². The molecule has 3 rings (SSSR count). The number of nitrogens with zero attached hydrogens (tertiary/aromatic N) is 1. The van der Waals surface area contributed by atoms with Crippen LogP contribution < -0.4 is 9.47 Å². The van der Waals surface area contributed by atoms with E-state index >= 15 is 0 Å². The molecule has 0 spiro atoms. The van der Waals surface area contributed by atoms with Crippen LogP contribution in [0.25, 0.3) is 10.9 Å². The molecule has 5 nitrogen and oxygen atoms in total. The molecule has 104 valence electrons. The van der Waals surface area contributed by atoms with Crippen LogP contribution in [0.15, 0.2) is 18.2 Å². The molecule has 0 fully saturated rings. The molecule has 1 unspecified atom stereocenters. The number of benzene rings is 1. The Bertz CT molecular complexity index is 696. The summed E-state index contributed by atoms with van der Waals surface area (Å²) in [7, 11) is 0. The number of carbonyl (C=O) groups is 1. The number of carboxylic acid groups (broad SMARTS) is 1. The second-order valence-electron chi connectivity index (χ2n) is 4.94. The number of ether oxygens (including phenoxy) is 2. The zero-order chi connectivity index (χ0) is 14.3. The number of aryl methyl sites for hydroxylation is 1. The standard InChI is InChI=1S/C15H15NO4/c1-8-5-11(9(2)15(17)18)16-12-7-14-13(6-10(8)12)19-3-4-20-14/h5-7,9H,3-4H2,1-2H3,(H,17,18). The van der Waals surface area contributed by atoms with E-state index in [0.717, 1.165) is 16.5 Å². The van der Waals surface area contributed by atoms with E-state index < -0.39 is 11.9 Å². The van der Waals surface area contributed by atoms with E-state index in [9.17, 15) is 4.79 Å². The molecule has 0 radical (unpaired) electrons. The van der Waals surface area contributed by atoms with Gasteiger partial charge in [0.05, 0.1) is 17.1 Å². The second-order valence-corrected chi connectivity index (χ2v) is 4.94. The summed E-state index contributed by atoms with van der Waals surface area (Å²) in [4.78, 5) is 15.5. The Labute approximate surface area is 116 Å². The van der Waals surface area contributed by atoms with Crippen LogP contribution in [0.2, 0.25) is 0 Å². The zero-order valence-corrected chi connectivity index (χ0v) is 11.3. The van der Waals surface area contributed by atoms with Crippen LogP contribution in [0.5, 0.6) is 11.5 Å². The lowest BCUT2D eigenvalue weighted by molar-refractivity contribution is -0.138. The summed E-state index contributed by atoms with van der Waals surface area (Å²) in [5.74, 6) is -0.136. The molecule has 0 aliphatic carbocycles. The molecule has 5 heteroatoms. The molecule has 0 saturated heterocycles. The third kappa shape index (κ3) is 2.05. The number of fused-ring (bicyclic) bond motifs is 2. The fourth-order valence-electron chi connectivity index (χ4n) is 2.31. The van der Waals surface area contributed by atoms with Gasteiger partial charge in [0.25, 0.3) is 0 Å². The minimum absolute atomic E-state index is 0.517. The van der Waals surface area contributed by atoms with Gasteiger partial charge in [-0.25, -0.2) is 0 Å². The highest BCUT2D eigenvalue weighted by Crippen LogP contribution is 2.35. The van der Waals surface area contributed by atoms with Gasteiger partial charge in [0.2, 0.25) is 0 Å². The van der Waals surface area contributed by atoms with Crippen LogP contribution in [0.3, 0.4) is 0 Å². The molecule has 2 aromatic rings. The minimum atomic E-state index is -0.881. The predicted molar refractivity (Wildman–Crippen MR) is 73.5 cm³/mol. The maximum Gasteiger partial charge on any atom is 0.312 e. The molecule has 20 heavy (non-hydrogen) atoms. The SMILES string of the molecule is Cc1cc(C(C)C(=O)O)nc2cc3c(cc12)OCCO3. The molecule has 1 aliphatic heterocycles. The Balaban J connectivity index is 2.18. The van der Waals surface area contributed by atoms with Gasteiger partial charge >= 0.3 is 5.97 Å². The van der Waals surface area contributed by atoms with E-state index in [1.165, 1.54) is 0 Å². The van der Waals surface area contributed by atoms with Crippen molar-refractivity contribution in [3.05, 3.63) is 29.5 Å². The summed E-state index contributed by atoms with van der Waals surface area (Å²) in [6, 6.07) is 5.54. The Morgan fingerprint density at radius 3 is 2.55 bits per heavy atom. The van der Waals surface area contributed by atoms with Crippen LogP contribution in [0.1, 0.15) is 24.1 Å². The molecular weight excluding hydrogens is 258 g/mol. The fourth-order valence-corrected chi connectivity index (χ4v) is 2.31. The lowest BCUT2D eigenvalue weighted by atomic mass is 10.0. The zero-order valence-electron chi connectivity index (χ0n) is 11.3. The first-order valence-corrected chi connectivity index (χ1v) is 6.50. The lowest BCUT2D eigenvalue weighted by Gasteiger charge is -2.19. The van der Waals surface area contributed by atoms with Gasteiger partial charge in [-0.15, -0.1) is 0 Å². The third-order valence-electron chi connectivity index (χ3n) is 3.51. The molecule has 0 saturated carbocycles. The average Bonchev–Trinajstić information content (AvgIpc) is 2.44. The molecule has 0 amide bonds. The number of carboxylic acids is 1. The quantitative estimate of drug-likeness (QED) is 0.910. The molecule has 1 N–H and O–H groups in total. The number of aromatic nitrogens is 1. The molecule has 1 aromatic heterocycles. The van der Waals surface area contributed by atoms with E-state index in [0.29, 0.717) is 30.4 Å². The van der Waals surface area contributed by atoms with Crippen LogP contribution in [0, 0.1) is 6.92 Å². The van der Waals surface area contributed by atoms with Crippen molar-refractivity contribution in [2.75, 3.05) is 13.2 Å². The summed E-state index contributed by atoms with van der Waals surface area (Å²) in [6.45, 7) is 4.63. The van der Waals surface area contributed by atoms with Crippen molar-refractivity contribution in [3.63, 3.8) is 0 Å². The highest BCUT2D eigenvalue weighted by atomic mass is 16.6. The van der Waals surface area contributed by atoms with Crippen LogP contribution in [0.4, 0.5) is 0 Å². The monoisotopic (exact) mass is 273 g/mol. The summed E-state index contributed by atoms with van der Waals surface area (Å²) in [6.07, 6.45) is 0. The Hall–Kier alpha value is -2.30. The predicted octanol–water partition coefficient (Wildman–Crippen LogP) is 2.50. The van der Waals surface area contributed by atoms with Gasteiger partial charge in [0, 0.05) is 11.5 Å². The van der Waals surface area contributed by atoms with Crippen LogP contribution in [-0.4, -0.2) is 29.3 Å². The van der Waals surface area contributed by atoms with Crippen LogP contribution >= 0.6 is 0 Å². The Kier molecular flexibility index (Phi) is 2.97. The van der Waals surface area contributed by atoms with Crippen molar-refractivity contribution >= 4 is 16.9 Å². The molecule has 1 aliphatic rings. The van der Waals surface area contributed by atoms with Gasteiger partial charge in [-0.1, -0.05) is 0 Å². The highest BCUT2D eigenvalue weighted by Gasteiger charge is 2.19. The van der Waals surface area contributed by atoms with Gasteiger partial charge in [-0.2, -0.15) is 0 Å². The maximum absolute atomic E-state index is 11.1. The third-order valence-corrected chi connectivity index (χ3v) is 3.51. The lowest BCUT2D eigenvalue weighted by Crippen LogP contribution is -2.15. The molecule has 2 heterocycles. The van der Waals surface area contributed by atoms with Crippen molar-refractivity contribution in [1.82, 2.24) is 4.98 Å². The average molecular weight is 273 g/mol. The summed E-state index contributed by atoms with van der Waals surface area (Å²) >= 11 is 0. The van der Waals surface area contributed by atoms with E-state index in [-0.39, 0.29) is 0 Å². The fraction of sp³-hybridized carbons (Fsp3) is 0.333. The molecular formula is C15H15NO4. The molecule has 0 bridgehead atoms. The van der Waals surface area contributed by atoms with Crippen molar-refractivity contribution < 1.29 is 19.4 Å². The number of rotatable bonds is 2.